The van der Waals surface area contributed by atoms with Gasteiger partial charge >= 0.3 is 0 Å². The molecule has 14 amide bonds. The largest absolute Gasteiger partial charge is 0.508 e. The van der Waals surface area contributed by atoms with Crippen LogP contribution in [0.25, 0.3) is 0 Å². The summed E-state index contributed by atoms with van der Waals surface area (Å²) in [5.41, 5.74) is 56.5. The van der Waals surface area contributed by atoms with E-state index >= 15 is 0 Å². The summed E-state index contributed by atoms with van der Waals surface area (Å²) >= 11 is 0. The van der Waals surface area contributed by atoms with E-state index in [2.05, 4.69) is 78.8 Å². The Morgan fingerprint density at radius 2 is 0.937 bits per heavy atom. The maximum Gasteiger partial charge on any atom is 0.248 e. The summed E-state index contributed by atoms with van der Waals surface area (Å²) in [5, 5.41) is 75.2. The quantitative estimate of drug-likeness (QED) is 0.0164. The minimum absolute atomic E-state index is 0.000525. The number of nitrogens with two attached hydrogens (primary N) is 10. The van der Waals surface area contributed by atoms with E-state index in [0.717, 1.165) is 30.8 Å². The fourth-order valence-corrected chi connectivity index (χ4v) is 14.4. The number of hydrogen-bond donors (Lipinski definition) is 26. The van der Waals surface area contributed by atoms with Crippen molar-refractivity contribution in [1.29, 1.82) is 0 Å². The van der Waals surface area contributed by atoms with Crippen molar-refractivity contribution in [3.63, 3.8) is 0 Å². The molecule has 3 fully saturated rings. The van der Waals surface area contributed by atoms with Crippen LogP contribution >= 0.6 is 0 Å². The number of carbonyl (C=O) groups is 14. The van der Waals surface area contributed by atoms with Crippen LogP contribution in [0.2, 0.25) is 0 Å². The zero-order valence-electron chi connectivity index (χ0n) is 72.5. The van der Waals surface area contributed by atoms with Gasteiger partial charge in [0.05, 0.1) is 31.5 Å². The van der Waals surface area contributed by atoms with Gasteiger partial charge in [-0.1, -0.05) is 18.6 Å². The summed E-state index contributed by atoms with van der Waals surface area (Å²) in [6.45, 7) is 4.98. The topological polar surface area (TPSA) is 780 Å². The Bertz CT molecular complexity index is 3720. The summed E-state index contributed by atoms with van der Waals surface area (Å²) in [7, 11) is 0. The van der Waals surface area contributed by atoms with E-state index in [0.29, 0.717) is 76.8 Å². The SMILES string of the molecule is C[C@@H](O)[C@H](NC(=O)[C@H](CCCCN)NC(=O)[C@@H]1CCCN1C(=O)[C@@H]1CCCN1C(=O)[C@@H](NC(=O)[C@H](CO)NC(=O)[C@H](Cc1ccc(O)cc1)NC(=O)CNC(=O)CCCCCNC(=O)COC(CCNCCCN)CNCCCN)[C@@H](C)O)C(=O)N[C@@H](CCCN=C(N)N)C(=O)N[C@@H](CCCN=C(N)N)C(=O)N[C@@H](CCCN=C(N)N)C(=O)N1CCC[C@H]1C(N)=O. The van der Waals surface area contributed by atoms with Crippen LogP contribution in [0.1, 0.15) is 161 Å². The number of aliphatic hydroxyl groups excluding tert-OH is 3. The number of primary amides is 1. The third kappa shape index (κ3) is 39.7. The smallest absolute Gasteiger partial charge is 0.248 e. The second-order valence-electron chi connectivity index (χ2n) is 31.4. The van der Waals surface area contributed by atoms with Crippen LogP contribution in [-0.4, -0.2) is 332 Å². The number of carbonyl (C=O) groups excluding carboxylic acids is 14. The number of rotatable bonds is 62. The number of aliphatic imine (C=N–C) groups is 3. The number of benzene rings is 1. The number of hydrogen-bond acceptors (Lipinski definition) is 27. The first-order valence-electron chi connectivity index (χ1n) is 43.4. The lowest BCUT2D eigenvalue weighted by Crippen LogP contribution is -2.62. The van der Waals surface area contributed by atoms with Crippen LogP contribution in [0.3, 0.4) is 0 Å². The lowest BCUT2D eigenvalue weighted by atomic mass is 10.0. The fourth-order valence-electron chi connectivity index (χ4n) is 14.4. The van der Waals surface area contributed by atoms with Crippen LogP contribution in [0.15, 0.2) is 39.2 Å². The van der Waals surface area contributed by atoms with Gasteiger partial charge in [-0.05, 0) is 199 Å². The molecule has 1 aromatic rings. The molecule has 0 radical (unpaired) electrons. The normalized spacial score (nSPS) is 17.4. The molecule has 3 aliphatic rings. The molecule has 0 bridgehead atoms. The van der Waals surface area contributed by atoms with E-state index in [1.165, 1.54) is 47.9 Å². The summed E-state index contributed by atoms with van der Waals surface area (Å²) in [4.78, 5) is 212. The third-order valence-electron chi connectivity index (χ3n) is 21.2. The van der Waals surface area contributed by atoms with Gasteiger partial charge < -0.3 is 161 Å². The van der Waals surface area contributed by atoms with E-state index in [-0.39, 0.29) is 184 Å². The maximum absolute atomic E-state index is 14.8. The summed E-state index contributed by atoms with van der Waals surface area (Å²) in [6, 6.07) is -10.6. The average Bonchev–Trinajstić information content (AvgIpc) is 1.62. The molecular formula is C79H140N28O19. The zero-order valence-corrected chi connectivity index (χ0v) is 72.5. The van der Waals surface area contributed by atoms with Gasteiger partial charge in [-0.3, -0.25) is 82.1 Å². The Balaban J connectivity index is 1.44. The van der Waals surface area contributed by atoms with Gasteiger partial charge in [-0.2, -0.15) is 0 Å². The second kappa shape index (κ2) is 59.1. The van der Waals surface area contributed by atoms with Crippen molar-refractivity contribution < 1.29 is 92.3 Å². The molecule has 0 saturated carbocycles. The van der Waals surface area contributed by atoms with E-state index in [4.69, 9.17) is 62.1 Å². The number of likely N-dealkylation sites (tertiary alicyclic amines) is 3. The van der Waals surface area contributed by atoms with Crippen molar-refractivity contribution in [2.24, 2.45) is 72.3 Å². The molecule has 14 atom stereocenters. The first-order chi connectivity index (χ1) is 60.1. The molecule has 3 heterocycles. The van der Waals surface area contributed by atoms with Gasteiger partial charge in [0.2, 0.25) is 82.7 Å². The number of nitrogens with one attached hydrogen (secondary N) is 12. The minimum Gasteiger partial charge on any atom is -0.508 e. The third-order valence-corrected chi connectivity index (χ3v) is 21.2. The Hall–Kier alpha value is -10.9. The van der Waals surface area contributed by atoms with Crippen molar-refractivity contribution in [3.05, 3.63) is 29.8 Å². The van der Waals surface area contributed by atoms with E-state index in [1.54, 1.807) is 0 Å². The molecule has 36 N–H and O–H groups in total. The molecule has 710 valence electrons. The van der Waals surface area contributed by atoms with Gasteiger partial charge in [-0.15, -0.1) is 0 Å². The van der Waals surface area contributed by atoms with Crippen LogP contribution in [0.5, 0.6) is 5.75 Å². The van der Waals surface area contributed by atoms with Crippen LogP contribution < -0.4 is 121 Å². The highest BCUT2D eigenvalue weighted by molar-refractivity contribution is 6.00. The number of phenolic OH excluding ortho intramolecular Hbond substituents is 1. The number of guanidine groups is 3. The lowest BCUT2D eigenvalue weighted by molar-refractivity contribution is -0.149. The molecule has 4 rings (SSSR count). The first kappa shape index (κ1) is 107. The number of aromatic hydroxyl groups is 1. The Morgan fingerprint density at radius 3 is 1.50 bits per heavy atom. The van der Waals surface area contributed by atoms with Gasteiger partial charge in [0.15, 0.2) is 17.9 Å². The fraction of sp³-hybridized carbons (Fsp3) is 0.709. The number of ether oxygens (including phenoxy) is 1. The highest BCUT2D eigenvalue weighted by atomic mass is 16.5. The molecule has 0 aromatic heterocycles. The van der Waals surface area contributed by atoms with Gasteiger partial charge in [0, 0.05) is 65.2 Å². The Labute approximate surface area is 734 Å². The molecule has 1 unspecified atom stereocenters. The average molecular weight is 1790 g/mol. The highest BCUT2D eigenvalue weighted by Gasteiger charge is 2.46. The molecule has 3 aliphatic heterocycles. The summed E-state index contributed by atoms with van der Waals surface area (Å²) in [6.07, 6.45) is 1.78. The number of phenols is 1. The lowest BCUT2D eigenvalue weighted by Gasteiger charge is -2.34. The number of amides is 14. The summed E-state index contributed by atoms with van der Waals surface area (Å²) in [5.74, 6) is -12.5. The molecular weight excluding hydrogens is 1650 g/mol. The molecule has 126 heavy (non-hydrogen) atoms. The van der Waals surface area contributed by atoms with Crippen molar-refractivity contribution in [2.75, 3.05) is 111 Å². The summed E-state index contributed by atoms with van der Waals surface area (Å²) < 4.78 is 5.90. The molecule has 3 saturated heterocycles. The van der Waals surface area contributed by atoms with Gasteiger partial charge in [-0.25, -0.2) is 0 Å². The second-order valence-corrected chi connectivity index (χ2v) is 31.4. The number of nitrogens with zero attached hydrogens (tertiary/aromatic N) is 6. The van der Waals surface area contributed by atoms with E-state index < -0.39 is 169 Å². The minimum atomic E-state index is -1.84. The molecule has 1 aromatic carbocycles. The highest BCUT2D eigenvalue weighted by Crippen LogP contribution is 2.27. The van der Waals surface area contributed by atoms with Crippen LogP contribution in [0, 0.1) is 0 Å². The van der Waals surface area contributed by atoms with E-state index in [1.807, 2.05) is 0 Å². The monoisotopic (exact) mass is 1790 g/mol. The van der Waals surface area contributed by atoms with Crippen LogP contribution in [0.4, 0.5) is 0 Å². The van der Waals surface area contributed by atoms with Gasteiger partial charge in [0.1, 0.15) is 78.8 Å². The van der Waals surface area contributed by atoms with Crippen LogP contribution in [-0.2, 0) is 78.3 Å². The van der Waals surface area contributed by atoms with Gasteiger partial charge in [0.25, 0.3) is 0 Å². The standard InChI is InChI=1S/C79H140N28O19/c1-47(109)64(73(122)100-54(18-9-36-94-78(86)87)67(116)98-53(17-8-35-93-77(84)85)68(117)101-55(19-10-37-95-79(88)89)74(123)105-39-11-20-58(105)66(83)115)103-69(118)52(16-5-6-29-80)99-72(121)59-21-12-40-106(59)75(124)60-22-13-41-107(60)76(125)65(48(2)110)104-71(120)57(45-108)102-70(119)56(42-49-24-26-50(111)27-25-49)97-62(113)44-96-61(112)23-4-3-7-34-92-63(114)46-126-51(43-91-33-15-31-82)28-38-90-32-14-30-81/h24-27,47-48,51-60,64-65,90-91,108-111H,3-23,28-46,80-82H2,1-2H3,(H2,83,115)(H,92,114)(H,96,112)(H,97,113)(H,98,116)(H,99,121)(H,100,122)(H,101,117)(H,102,119)(H,103,118)(H,104,120)(H4,84,85,93)(H4,86,87,94)(H4,88,89,95)/t47-,48-,51?,52+,53+,54+,55+,56+,57+,58+,59+,60+,64+,65+/m1/s1. The number of unbranched alkanes of at least 4 members (excludes halogenated alkanes) is 3. The maximum atomic E-state index is 14.8. The first-order valence-corrected chi connectivity index (χ1v) is 43.4. The van der Waals surface area contributed by atoms with E-state index in [9.17, 15) is 87.5 Å². The molecule has 47 heteroatoms. The predicted octanol–water partition coefficient (Wildman–Crippen LogP) is -10.2. The Kier molecular flexibility index (Phi) is 50.4. The number of aliphatic hydroxyl groups is 3. The van der Waals surface area contributed by atoms with Crippen molar-refractivity contribution in [2.45, 2.75) is 246 Å². The Morgan fingerprint density at radius 1 is 0.452 bits per heavy atom. The van der Waals surface area contributed by atoms with Crippen molar-refractivity contribution in [1.82, 2.24) is 78.5 Å². The van der Waals surface area contributed by atoms with Crippen molar-refractivity contribution >= 4 is 101 Å². The predicted molar refractivity (Wildman–Crippen MR) is 466 cm³/mol. The molecule has 47 nitrogen and oxygen atoms in total. The molecule has 0 aliphatic carbocycles. The molecule has 0 spiro atoms. The van der Waals surface area contributed by atoms with Crippen molar-refractivity contribution in [3.8, 4) is 5.75 Å². The zero-order chi connectivity index (χ0) is 93.2.